The second-order valence-corrected chi connectivity index (χ2v) is 5.52. The quantitative estimate of drug-likeness (QED) is 0.795. The second kappa shape index (κ2) is 6.24. The molecule has 16 heavy (non-hydrogen) atoms. The minimum absolute atomic E-state index is 0.140. The molecule has 1 rings (SSSR count). The number of piperidine rings is 1. The predicted molar refractivity (Wildman–Crippen MR) is 67.0 cm³/mol. The molecule has 3 heteroatoms. The van der Waals surface area contributed by atoms with E-state index < -0.39 is 0 Å². The number of rotatable bonds is 4. The summed E-state index contributed by atoms with van der Waals surface area (Å²) in [5.74, 6) is 1.76. The van der Waals surface area contributed by atoms with Crippen LogP contribution in [0.25, 0.3) is 0 Å². The maximum Gasteiger partial charge on any atom is 0.225 e. The maximum atomic E-state index is 12.2. The molecule has 1 saturated heterocycles. The lowest BCUT2D eigenvalue weighted by Gasteiger charge is -2.36. The topological polar surface area (TPSA) is 46.3 Å². The molecule has 0 saturated carbocycles. The van der Waals surface area contributed by atoms with Crippen LogP contribution in [0.5, 0.6) is 0 Å². The molecule has 0 radical (unpaired) electrons. The average molecular weight is 226 g/mol. The Hall–Kier alpha value is -0.570. The zero-order valence-corrected chi connectivity index (χ0v) is 10.9. The largest absolute Gasteiger partial charge is 0.342 e. The van der Waals surface area contributed by atoms with Gasteiger partial charge in [-0.05, 0) is 37.6 Å². The third-order valence-corrected chi connectivity index (χ3v) is 3.44. The molecule has 0 aromatic rings. The van der Waals surface area contributed by atoms with Crippen LogP contribution in [0.3, 0.4) is 0 Å². The number of amides is 1. The molecule has 3 nitrogen and oxygen atoms in total. The first-order valence-electron chi connectivity index (χ1n) is 6.53. The highest BCUT2D eigenvalue weighted by Crippen LogP contribution is 2.23. The van der Waals surface area contributed by atoms with E-state index in [9.17, 15) is 4.79 Å². The Labute approximate surface area is 99.4 Å². The van der Waals surface area contributed by atoms with Gasteiger partial charge in [0, 0.05) is 19.0 Å². The third kappa shape index (κ3) is 3.78. The van der Waals surface area contributed by atoms with E-state index in [2.05, 4.69) is 18.7 Å². The number of nitrogens with zero attached hydrogens (tertiary/aromatic N) is 1. The highest BCUT2D eigenvalue weighted by Gasteiger charge is 2.27. The number of carbonyl (C=O) groups is 1. The van der Waals surface area contributed by atoms with Gasteiger partial charge in [-0.15, -0.1) is 0 Å². The van der Waals surface area contributed by atoms with Gasteiger partial charge in [0.1, 0.15) is 0 Å². The monoisotopic (exact) mass is 226 g/mol. The molecule has 1 fully saturated rings. The van der Waals surface area contributed by atoms with E-state index in [1.165, 1.54) is 6.42 Å². The summed E-state index contributed by atoms with van der Waals surface area (Å²) in [4.78, 5) is 14.2. The molecule has 1 amide bonds. The zero-order valence-electron chi connectivity index (χ0n) is 10.9. The number of nitrogens with two attached hydrogens (primary N) is 1. The van der Waals surface area contributed by atoms with Gasteiger partial charge in [-0.25, -0.2) is 0 Å². The maximum absolute atomic E-state index is 12.2. The van der Waals surface area contributed by atoms with Crippen molar-refractivity contribution in [2.45, 2.75) is 40.0 Å². The first-order chi connectivity index (χ1) is 7.54. The number of carbonyl (C=O) groups excluding carboxylic acids is 1. The fourth-order valence-electron chi connectivity index (χ4n) is 2.70. The van der Waals surface area contributed by atoms with Crippen molar-refractivity contribution in [1.29, 1.82) is 0 Å². The summed E-state index contributed by atoms with van der Waals surface area (Å²) < 4.78 is 0. The Kier molecular flexibility index (Phi) is 5.26. The van der Waals surface area contributed by atoms with Crippen LogP contribution in [0.4, 0.5) is 0 Å². The molecule has 1 aliphatic rings. The molecule has 3 atom stereocenters. The smallest absolute Gasteiger partial charge is 0.225 e. The van der Waals surface area contributed by atoms with Gasteiger partial charge < -0.3 is 10.6 Å². The summed E-state index contributed by atoms with van der Waals surface area (Å²) in [5, 5.41) is 0. The Morgan fingerprint density at radius 3 is 2.44 bits per heavy atom. The summed E-state index contributed by atoms with van der Waals surface area (Å²) in [6, 6.07) is 0. The Morgan fingerprint density at radius 1 is 1.38 bits per heavy atom. The van der Waals surface area contributed by atoms with Gasteiger partial charge in [0.2, 0.25) is 5.91 Å². The molecule has 2 N–H and O–H groups in total. The van der Waals surface area contributed by atoms with Gasteiger partial charge in [-0.1, -0.05) is 20.8 Å². The minimum Gasteiger partial charge on any atom is -0.342 e. The normalized spacial score (nSPS) is 27.9. The number of hydrogen-bond acceptors (Lipinski definition) is 2. The Balaban J connectivity index is 2.45. The van der Waals surface area contributed by atoms with Gasteiger partial charge in [0.05, 0.1) is 0 Å². The highest BCUT2D eigenvalue weighted by atomic mass is 16.2. The molecule has 0 spiro atoms. The first-order valence-corrected chi connectivity index (χ1v) is 6.53. The molecular weight excluding hydrogens is 200 g/mol. The minimum atomic E-state index is 0.140. The molecule has 3 unspecified atom stereocenters. The van der Waals surface area contributed by atoms with Gasteiger partial charge >= 0.3 is 0 Å². The number of hydrogen-bond donors (Lipinski definition) is 1. The van der Waals surface area contributed by atoms with E-state index in [0.29, 0.717) is 24.3 Å². The Bertz CT molecular complexity index is 220. The van der Waals surface area contributed by atoms with E-state index in [-0.39, 0.29) is 5.92 Å². The van der Waals surface area contributed by atoms with Crippen molar-refractivity contribution in [3.8, 4) is 0 Å². The van der Waals surface area contributed by atoms with Crippen LogP contribution in [0.15, 0.2) is 0 Å². The van der Waals surface area contributed by atoms with Crippen molar-refractivity contribution in [1.82, 2.24) is 4.90 Å². The fraction of sp³-hybridized carbons (Fsp3) is 0.923. The summed E-state index contributed by atoms with van der Waals surface area (Å²) in [5.41, 5.74) is 5.47. The summed E-state index contributed by atoms with van der Waals surface area (Å²) in [7, 11) is 0. The van der Waals surface area contributed by atoms with Crippen molar-refractivity contribution < 1.29 is 4.79 Å². The molecule has 0 aliphatic carbocycles. The lowest BCUT2D eigenvalue weighted by atomic mass is 9.90. The van der Waals surface area contributed by atoms with E-state index >= 15 is 0 Å². The fourth-order valence-corrected chi connectivity index (χ4v) is 2.70. The predicted octanol–water partition coefficient (Wildman–Crippen LogP) is 1.87. The average Bonchev–Trinajstić information content (AvgIpc) is 2.23. The molecule has 0 aromatic heterocycles. The van der Waals surface area contributed by atoms with E-state index in [1.54, 1.807) is 0 Å². The van der Waals surface area contributed by atoms with Crippen LogP contribution in [0.2, 0.25) is 0 Å². The lowest BCUT2D eigenvalue weighted by molar-refractivity contribution is -0.137. The highest BCUT2D eigenvalue weighted by molar-refractivity contribution is 5.78. The van der Waals surface area contributed by atoms with Crippen molar-refractivity contribution in [2.75, 3.05) is 19.6 Å². The van der Waals surface area contributed by atoms with Gasteiger partial charge in [-0.3, -0.25) is 4.79 Å². The van der Waals surface area contributed by atoms with Crippen LogP contribution in [0.1, 0.15) is 40.0 Å². The SMILES string of the molecule is CC1CC(C)CN(C(=O)C(C)CCCN)C1. The zero-order chi connectivity index (χ0) is 12.1. The standard InChI is InChI=1S/C13H26N2O/c1-10-7-11(2)9-15(8-10)13(16)12(3)5-4-6-14/h10-12H,4-9,14H2,1-3H3. The van der Waals surface area contributed by atoms with Crippen LogP contribution in [0, 0.1) is 17.8 Å². The van der Waals surface area contributed by atoms with Crippen molar-refractivity contribution >= 4 is 5.91 Å². The Morgan fingerprint density at radius 2 is 1.94 bits per heavy atom. The van der Waals surface area contributed by atoms with Crippen molar-refractivity contribution in [3.05, 3.63) is 0 Å². The van der Waals surface area contributed by atoms with Crippen LogP contribution in [-0.2, 0) is 4.79 Å². The third-order valence-electron chi connectivity index (χ3n) is 3.44. The van der Waals surface area contributed by atoms with Crippen molar-refractivity contribution in [3.63, 3.8) is 0 Å². The lowest BCUT2D eigenvalue weighted by Crippen LogP contribution is -2.44. The van der Waals surface area contributed by atoms with Crippen molar-refractivity contribution in [2.24, 2.45) is 23.5 Å². The second-order valence-electron chi connectivity index (χ2n) is 5.52. The molecular formula is C13H26N2O. The van der Waals surface area contributed by atoms with E-state index in [4.69, 9.17) is 5.73 Å². The van der Waals surface area contributed by atoms with Gasteiger partial charge in [0.25, 0.3) is 0 Å². The summed E-state index contributed by atoms with van der Waals surface area (Å²) >= 11 is 0. The number of likely N-dealkylation sites (tertiary alicyclic amines) is 1. The summed E-state index contributed by atoms with van der Waals surface area (Å²) in [6.07, 6.45) is 3.13. The molecule has 1 heterocycles. The van der Waals surface area contributed by atoms with E-state index in [0.717, 1.165) is 25.9 Å². The molecule has 0 bridgehead atoms. The molecule has 94 valence electrons. The molecule has 0 aromatic carbocycles. The van der Waals surface area contributed by atoms with Gasteiger partial charge in [0.15, 0.2) is 0 Å². The van der Waals surface area contributed by atoms with Gasteiger partial charge in [-0.2, -0.15) is 0 Å². The van der Waals surface area contributed by atoms with E-state index in [1.807, 2.05) is 6.92 Å². The molecule has 1 aliphatic heterocycles. The summed E-state index contributed by atoms with van der Waals surface area (Å²) in [6.45, 7) is 9.07. The van der Waals surface area contributed by atoms with Crippen LogP contribution in [-0.4, -0.2) is 30.4 Å². The van der Waals surface area contributed by atoms with Crippen LogP contribution >= 0.6 is 0 Å². The van der Waals surface area contributed by atoms with Crippen LogP contribution < -0.4 is 5.73 Å². The first kappa shape index (κ1) is 13.5.